The van der Waals surface area contributed by atoms with Gasteiger partial charge in [0.05, 0.1) is 18.0 Å². The van der Waals surface area contributed by atoms with E-state index in [-0.39, 0.29) is 11.5 Å². The van der Waals surface area contributed by atoms with E-state index in [9.17, 15) is 4.79 Å². The van der Waals surface area contributed by atoms with Gasteiger partial charge < -0.3 is 9.30 Å². The van der Waals surface area contributed by atoms with Crippen LogP contribution in [0.5, 0.6) is 0 Å². The Morgan fingerprint density at radius 2 is 2.00 bits per heavy atom. The number of carbonyl (C=O) groups is 1. The molecule has 142 valence electrons. The molecule has 3 aromatic rings. The van der Waals surface area contributed by atoms with E-state index >= 15 is 0 Å². The fourth-order valence-electron chi connectivity index (χ4n) is 2.83. The van der Waals surface area contributed by atoms with Gasteiger partial charge in [0.25, 0.3) is 0 Å². The highest BCUT2D eigenvalue weighted by Crippen LogP contribution is 2.22. The van der Waals surface area contributed by atoms with Crippen LogP contribution >= 0.6 is 23.4 Å². The van der Waals surface area contributed by atoms with E-state index in [1.807, 2.05) is 32.0 Å². The molecular formula is C18H20ClN5O2S. The van der Waals surface area contributed by atoms with Gasteiger partial charge in [0, 0.05) is 35.6 Å². The van der Waals surface area contributed by atoms with Crippen molar-refractivity contribution in [2.75, 3.05) is 19.5 Å². The molecule has 0 N–H and O–H groups in total. The summed E-state index contributed by atoms with van der Waals surface area (Å²) in [6.45, 7) is 5.28. The van der Waals surface area contributed by atoms with Crippen molar-refractivity contribution in [1.29, 1.82) is 0 Å². The molecule has 0 amide bonds. The predicted molar refractivity (Wildman–Crippen MR) is 105 cm³/mol. The Kier molecular flexibility index (Phi) is 6.30. The van der Waals surface area contributed by atoms with Crippen molar-refractivity contribution >= 4 is 29.1 Å². The minimum Gasteiger partial charge on any atom is -0.383 e. The molecule has 0 unspecified atom stereocenters. The lowest BCUT2D eigenvalue weighted by Gasteiger charge is -2.08. The number of hydrogen-bond donors (Lipinski definition) is 0. The molecule has 0 saturated heterocycles. The second-order valence-corrected chi connectivity index (χ2v) is 7.37. The Bertz CT molecular complexity index is 936. The molecule has 0 bridgehead atoms. The first-order chi connectivity index (χ1) is 13.0. The average molecular weight is 406 g/mol. The van der Waals surface area contributed by atoms with E-state index in [0.717, 1.165) is 29.2 Å². The summed E-state index contributed by atoms with van der Waals surface area (Å²) < 4.78 is 8.83. The van der Waals surface area contributed by atoms with E-state index in [1.165, 1.54) is 11.8 Å². The first-order valence-corrected chi connectivity index (χ1v) is 9.73. The van der Waals surface area contributed by atoms with Gasteiger partial charge in [0.2, 0.25) is 5.16 Å². The standard InChI is InChI=1S/C18H20ClN5O2S/c1-12-10-16(13(2)23(12)8-9-26-3)17(25)11-27-18-20-21-22-24(18)15-6-4-14(19)5-7-15/h4-7,10H,8-9,11H2,1-3H3. The molecule has 0 radical (unpaired) electrons. The largest absolute Gasteiger partial charge is 0.383 e. The molecule has 0 fully saturated rings. The molecule has 0 atom stereocenters. The van der Waals surface area contributed by atoms with Crippen LogP contribution in [0.4, 0.5) is 0 Å². The number of thioether (sulfide) groups is 1. The Balaban J connectivity index is 1.72. The fraction of sp³-hybridized carbons (Fsp3) is 0.333. The second kappa shape index (κ2) is 8.69. The lowest BCUT2D eigenvalue weighted by atomic mass is 10.2. The SMILES string of the molecule is COCCn1c(C)cc(C(=O)CSc2nnnn2-c2ccc(Cl)cc2)c1C. The van der Waals surface area contributed by atoms with E-state index in [0.29, 0.717) is 16.8 Å². The lowest BCUT2D eigenvalue weighted by molar-refractivity contribution is 0.102. The first-order valence-electron chi connectivity index (χ1n) is 8.37. The molecule has 0 aliphatic carbocycles. The van der Waals surface area contributed by atoms with Crippen LogP contribution < -0.4 is 0 Å². The number of aromatic nitrogens is 5. The molecule has 0 saturated carbocycles. The number of benzene rings is 1. The number of aryl methyl sites for hydroxylation is 1. The highest BCUT2D eigenvalue weighted by molar-refractivity contribution is 7.99. The van der Waals surface area contributed by atoms with Crippen molar-refractivity contribution in [3.8, 4) is 5.69 Å². The maximum Gasteiger partial charge on any atom is 0.214 e. The molecule has 27 heavy (non-hydrogen) atoms. The highest BCUT2D eigenvalue weighted by atomic mass is 35.5. The Morgan fingerprint density at radius 1 is 1.26 bits per heavy atom. The van der Waals surface area contributed by atoms with Crippen LogP contribution in [0.1, 0.15) is 21.7 Å². The van der Waals surface area contributed by atoms with Gasteiger partial charge >= 0.3 is 0 Å². The Labute approximate surface area is 166 Å². The molecular weight excluding hydrogens is 386 g/mol. The van der Waals surface area contributed by atoms with Gasteiger partial charge in [0.1, 0.15) is 0 Å². The summed E-state index contributed by atoms with van der Waals surface area (Å²) in [6.07, 6.45) is 0. The van der Waals surface area contributed by atoms with Crippen molar-refractivity contribution in [2.45, 2.75) is 25.5 Å². The number of halogens is 1. The summed E-state index contributed by atoms with van der Waals surface area (Å²) in [4.78, 5) is 12.7. The number of nitrogens with zero attached hydrogens (tertiary/aromatic N) is 5. The molecule has 7 nitrogen and oxygen atoms in total. The Morgan fingerprint density at radius 3 is 2.70 bits per heavy atom. The Hall–Kier alpha value is -2.16. The summed E-state index contributed by atoms with van der Waals surface area (Å²) in [5.74, 6) is 0.296. The third-order valence-corrected chi connectivity index (χ3v) is 5.41. The number of ether oxygens (including phenoxy) is 1. The molecule has 2 heterocycles. The summed E-state index contributed by atoms with van der Waals surface area (Å²) in [5, 5.41) is 12.9. The normalized spacial score (nSPS) is 11.1. The lowest BCUT2D eigenvalue weighted by Crippen LogP contribution is -2.10. The summed E-state index contributed by atoms with van der Waals surface area (Å²) >= 11 is 7.23. The number of rotatable bonds is 8. The van der Waals surface area contributed by atoms with E-state index in [4.69, 9.17) is 16.3 Å². The van der Waals surface area contributed by atoms with Crippen LogP contribution in [0.25, 0.3) is 5.69 Å². The third kappa shape index (κ3) is 4.40. The number of methoxy groups -OCH3 is 1. The van der Waals surface area contributed by atoms with Crippen molar-refractivity contribution in [3.05, 3.63) is 52.3 Å². The van der Waals surface area contributed by atoms with E-state index < -0.39 is 0 Å². The quantitative estimate of drug-likeness (QED) is 0.422. The van der Waals surface area contributed by atoms with Crippen LogP contribution in [0.15, 0.2) is 35.5 Å². The van der Waals surface area contributed by atoms with E-state index in [2.05, 4.69) is 20.1 Å². The van der Waals surface area contributed by atoms with Crippen LogP contribution in [0.2, 0.25) is 5.02 Å². The molecule has 3 rings (SSSR count). The summed E-state index contributed by atoms with van der Waals surface area (Å²) in [5.41, 5.74) is 3.51. The number of hydrogen-bond acceptors (Lipinski definition) is 6. The molecule has 0 spiro atoms. The minimum absolute atomic E-state index is 0.0439. The number of ketones is 1. The molecule has 2 aromatic heterocycles. The first kappa shape index (κ1) is 19.6. The second-order valence-electron chi connectivity index (χ2n) is 5.99. The maximum atomic E-state index is 12.7. The van der Waals surface area contributed by atoms with Gasteiger partial charge in [-0.25, -0.2) is 0 Å². The van der Waals surface area contributed by atoms with Crippen LogP contribution in [0, 0.1) is 13.8 Å². The highest BCUT2D eigenvalue weighted by Gasteiger charge is 2.18. The minimum atomic E-state index is 0.0439. The molecule has 1 aromatic carbocycles. The number of tetrazole rings is 1. The van der Waals surface area contributed by atoms with Crippen molar-refractivity contribution in [2.24, 2.45) is 0 Å². The fourth-order valence-corrected chi connectivity index (χ4v) is 3.73. The topological polar surface area (TPSA) is 74.8 Å². The zero-order valence-electron chi connectivity index (χ0n) is 15.3. The van der Waals surface area contributed by atoms with Gasteiger partial charge in [-0.2, -0.15) is 4.68 Å². The van der Waals surface area contributed by atoms with Gasteiger partial charge in [-0.3, -0.25) is 4.79 Å². The zero-order chi connectivity index (χ0) is 19.4. The van der Waals surface area contributed by atoms with Gasteiger partial charge in [-0.05, 0) is 54.6 Å². The van der Waals surface area contributed by atoms with Gasteiger partial charge in [0.15, 0.2) is 5.78 Å². The average Bonchev–Trinajstić information content (AvgIpc) is 3.23. The van der Waals surface area contributed by atoms with Gasteiger partial charge in [-0.15, -0.1) is 5.10 Å². The van der Waals surface area contributed by atoms with Crippen molar-refractivity contribution < 1.29 is 9.53 Å². The van der Waals surface area contributed by atoms with Crippen LogP contribution in [-0.4, -0.2) is 50.0 Å². The third-order valence-electron chi connectivity index (χ3n) is 4.24. The molecule has 9 heteroatoms. The predicted octanol–water partition coefficient (Wildman–Crippen LogP) is 3.36. The summed E-state index contributed by atoms with van der Waals surface area (Å²) in [6, 6.07) is 9.12. The number of carbonyl (C=O) groups excluding carboxylic acids is 1. The maximum absolute atomic E-state index is 12.7. The van der Waals surface area contributed by atoms with E-state index in [1.54, 1.807) is 23.9 Å². The smallest absolute Gasteiger partial charge is 0.214 e. The summed E-state index contributed by atoms with van der Waals surface area (Å²) in [7, 11) is 1.67. The van der Waals surface area contributed by atoms with Crippen molar-refractivity contribution in [3.63, 3.8) is 0 Å². The van der Waals surface area contributed by atoms with Gasteiger partial charge in [-0.1, -0.05) is 23.4 Å². The monoisotopic (exact) mass is 405 g/mol. The number of Topliss-reactive ketones (excluding diaryl/α,β-unsaturated/α-hetero) is 1. The van der Waals surface area contributed by atoms with Crippen LogP contribution in [-0.2, 0) is 11.3 Å². The molecule has 0 aliphatic heterocycles. The zero-order valence-corrected chi connectivity index (χ0v) is 16.9. The van der Waals surface area contributed by atoms with Crippen LogP contribution in [0.3, 0.4) is 0 Å². The molecule has 0 aliphatic rings. The van der Waals surface area contributed by atoms with Crippen molar-refractivity contribution in [1.82, 2.24) is 24.8 Å².